The van der Waals surface area contributed by atoms with Crippen LogP contribution in [-0.2, 0) is 110 Å². The highest BCUT2D eigenvalue weighted by Gasteiger charge is 2.41. The summed E-state index contributed by atoms with van der Waals surface area (Å²) >= 11 is 1.53. The van der Waals surface area contributed by atoms with Gasteiger partial charge in [-0.15, -0.1) is 12.3 Å². The zero-order valence-corrected chi connectivity index (χ0v) is 78.4. The zero-order valence-electron chi connectivity index (χ0n) is 72.7. The molecule has 0 aliphatic rings. The van der Waals surface area contributed by atoms with Crippen molar-refractivity contribution < 1.29 is 186 Å². The van der Waals surface area contributed by atoms with Crippen molar-refractivity contribution in [1.29, 1.82) is 0 Å². The second-order valence-corrected chi connectivity index (χ2v) is 34.8. The summed E-state index contributed by atoms with van der Waals surface area (Å²) in [6.07, 6.45) is -21.8. The number of rotatable bonds is 30. The first-order valence-corrected chi connectivity index (χ1v) is 46.2. The number of terminal acetylenes is 1. The van der Waals surface area contributed by atoms with E-state index in [4.69, 9.17) is 59.2 Å². The van der Waals surface area contributed by atoms with Crippen molar-refractivity contribution in [1.82, 2.24) is 0 Å². The molecule has 133 heavy (non-hydrogen) atoms. The Kier molecular flexibility index (Phi) is 53.9. The minimum atomic E-state index is -4.85. The first-order valence-electron chi connectivity index (χ1n) is 38.3. The number of anilines is 2. The average molecular weight is 2110 g/mol. The maximum atomic E-state index is 13.1. The van der Waals surface area contributed by atoms with Crippen molar-refractivity contribution in [3.8, 4) is 47.9 Å². The second kappa shape index (κ2) is 58.3. The highest BCUT2D eigenvalue weighted by atomic mass is 127. The Labute approximate surface area is 766 Å². The Hall–Kier alpha value is -10.0. The van der Waals surface area contributed by atoms with Crippen LogP contribution in [0.4, 0.5) is 96.1 Å². The Morgan fingerprint density at radius 1 is 0.376 bits per heavy atom. The predicted molar refractivity (Wildman–Crippen MR) is 460 cm³/mol. The first kappa shape index (κ1) is 123. The number of methoxy groups -OCH3 is 4. The summed E-state index contributed by atoms with van der Waals surface area (Å²) in [6, 6.07) is 16.1. The monoisotopic (exact) mass is 2110 g/mol. The quantitative estimate of drug-likeness (QED) is 0.00434. The van der Waals surface area contributed by atoms with Gasteiger partial charge in [-0.25, -0.2) is 24.0 Å². The van der Waals surface area contributed by atoms with Gasteiger partial charge in [0.1, 0.15) is 5.56 Å². The molecule has 5 N–H and O–H groups in total. The molecule has 0 aromatic heterocycles. The second-order valence-electron chi connectivity index (χ2n) is 24.9. The lowest BCUT2D eigenvalue weighted by atomic mass is 10.0. The minimum Gasteiger partial charge on any atom is -0.478 e. The number of aromatic carboxylic acids is 1. The van der Waals surface area contributed by atoms with Crippen LogP contribution < -0.4 is 11.5 Å². The van der Waals surface area contributed by atoms with Gasteiger partial charge in [-0.2, -0.15) is 79.0 Å². The number of ether oxygens (including phenoxy) is 4. The summed E-state index contributed by atoms with van der Waals surface area (Å²) in [5.74, 6) is 12.7. The van der Waals surface area contributed by atoms with Gasteiger partial charge >= 0.3 is 97.3 Å². The van der Waals surface area contributed by atoms with E-state index in [1.165, 1.54) is 41.8 Å². The van der Waals surface area contributed by atoms with Crippen LogP contribution in [0.5, 0.6) is 0 Å². The van der Waals surface area contributed by atoms with E-state index >= 15 is 0 Å². The number of carbonyl (C=O) groups is 5. The van der Waals surface area contributed by atoms with E-state index in [1.807, 2.05) is 0 Å². The van der Waals surface area contributed by atoms with E-state index in [-0.39, 0.29) is 126 Å². The molecule has 0 amide bonds. The fourth-order valence-corrected chi connectivity index (χ4v) is 16.7. The zero-order chi connectivity index (χ0) is 102. The van der Waals surface area contributed by atoms with Gasteiger partial charge in [0, 0.05) is 63.4 Å². The molecule has 50 heteroatoms. The van der Waals surface area contributed by atoms with Gasteiger partial charge in [-0.1, -0.05) is 35.5 Å². The van der Waals surface area contributed by atoms with Gasteiger partial charge in [0.15, 0.2) is 0 Å². The van der Waals surface area contributed by atoms with Crippen molar-refractivity contribution in [3.63, 3.8) is 0 Å². The van der Waals surface area contributed by atoms with Crippen molar-refractivity contribution in [2.45, 2.75) is 118 Å². The third-order valence-electron chi connectivity index (χ3n) is 15.4. The molecule has 0 saturated carbocycles. The van der Waals surface area contributed by atoms with E-state index in [1.54, 1.807) is 55.4 Å². The van der Waals surface area contributed by atoms with E-state index in [2.05, 4.69) is 60.4 Å². The summed E-state index contributed by atoms with van der Waals surface area (Å²) in [4.78, 5) is 64.7. The van der Waals surface area contributed by atoms with E-state index < -0.39 is 153 Å². The number of benzene rings is 6. The molecule has 0 radical (unpaired) electrons. The van der Waals surface area contributed by atoms with Gasteiger partial charge in [0.2, 0.25) is 0 Å². The maximum absolute atomic E-state index is 13.1. The number of esters is 4. The fourth-order valence-electron chi connectivity index (χ4n) is 9.80. The molecule has 0 atom stereocenters. The molecular weight excluding hydrogens is 2020 g/mol. The van der Waals surface area contributed by atoms with Crippen LogP contribution in [0.25, 0.3) is 0 Å². The normalized spacial score (nSPS) is 11.5. The lowest BCUT2D eigenvalue weighted by molar-refractivity contribution is -0.388. The summed E-state index contributed by atoms with van der Waals surface area (Å²) in [5.41, 5.74) is 1.66. The van der Waals surface area contributed by atoms with E-state index in [9.17, 15) is 131 Å². The SMILES string of the molecule is C#CCCP(=O)(OCC)OCC.CCOP(=O)(CCC#Cc1cc(C(=O)O)ccc1C(F)(F)F)OCC.CCOP(=O)(CCC#Cc1cc(C(=O)OC)ccc1C(F)(F)F)OCC.CCOP(=O)(CCC#Cc1cc(N)ccc1C(F)(F)F)OCC.COC(=O)c1ccc(C(F)(F)F)c(I)c1.COC(=O)c1ccc(C(F)(F)F)c(N)c1.COC(=O)c1ccc(C(F)(F)F)c([N+](=O)[O-])c1. The molecule has 0 aliphatic heterocycles. The number of nitro groups is 1. The number of nitrogen functional groups attached to an aromatic ring is 2. The van der Waals surface area contributed by atoms with Crippen LogP contribution in [0.3, 0.4) is 0 Å². The number of alkyl halides is 18. The average Bonchev–Trinajstić information content (AvgIpc) is 0.779. The standard InChI is InChI=1S/C17H20F3O5P.C16H18F3O5P.C15H19F3NO3P.C9H6F3IO2.C9H6F3NO4.C9H8F3NO2.C8H15O3P/c1-4-24-26(22,25-5-2)11-7-6-8-13-12-14(16(21)23-3)9-10-15(13)17(18,19)20;1-3-23-25(22,24-4-2)10-6-5-7-12-11-13(15(20)21)8-9-14(12)16(17,18)19;1-3-21-23(20,22-4-2)10-6-5-7-12-11-13(19)8-9-14(12)15(16,17)18;1-15-8(14)5-2-3-6(7(13)4-5)9(10,11)12;1-17-8(14)5-2-3-6(9(10,11)12)7(4-5)13(15)16;1-15-8(14)5-2-3-6(7(13)4-5)9(10,11)12;1-4-7-8-12(9,10-5-2)11-6-3/h9-10,12H,4-5,7,11H2,1-3H3;8-9,11H,3-4,6,10H2,1-2H3,(H,20,21);8-9,11H,3-4,6,10,19H2,1-2H3;2-4H,1H3;2-4H,1H3;2-4H,13H2,1H3;1H,5-8H2,2-3H3. The van der Waals surface area contributed by atoms with Crippen molar-refractivity contribution >= 4 is 99.9 Å². The van der Waals surface area contributed by atoms with Gasteiger partial charge in [-0.3, -0.25) is 28.4 Å². The summed E-state index contributed by atoms with van der Waals surface area (Å²) in [7, 11) is -8.31. The van der Waals surface area contributed by atoms with Crippen LogP contribution in [0.15, 0.2) is 109 Å². The van der Waals surface area contributed by atoms with Crippen LogP contribution in [-0.4, -0.2) is 146 Å². The number of carbonyl (C=O) groups excluding carboxylic acids is 4. The van der Waals surface area contributed by atoms with E-state index in [0.717, 1.165) is 100 Å². The molecule has 0 spiro atoms. The third kappa shape index (κ3) is 45.3. The van der Waals surface area contributed by atoms with Crippen LogP contribution >= 0.6 is 53.0 Å². The first-order chi connectivity index (χ1) is 61.7. The molecule has 6 aromatic rings. The Balaban J connectivity index is 0.00000155. The van der Waals surface area contributed by atoms with Crippen molar-refractivity contribution in [3.05, 3.63) is 201 Å². The Bertz CT molecular complexity index is 5190. The minimum absolute atomic E-state index is 0.0109. The number of nitrogens with zero attached hydrogens (tertiary/aromatic N) is 1. The lowest BCUT2D eigenvalue weighted by Gasteiger charge is -2.15. The van der Waals surface area contributed by atoms with Crippen LogP contribution in [0, 0.1) is 61.6 Å². The van der Waals surface area contributed by atoms with Gasteiger partial charge in [0.25, 0.3) is 5.69 Å². The summed E-state index contributed by atoms with van der Waals surface area (Å²) in [5, 5.41) is 19.4. The fraction of sp³-hybridized carbons (Fsp3) is 0.410. The number of halogens is 19. The van der Waals surface area contributed by atoms with Crippen molar-refractivity contribution in [2.24, 2.45) is 0 Å². The van der Waals surface area contributed by atoms with Crippen LogP contribution in [0.1, 0.15) is 183 Å². The number of carboxylic acids is 1. The number of nitro benzene ring substituents is 1. The van der Waals surface area contributed by atoms with Gasteiger partial charge in [-0.05, 0) is 181 Å². The molecule has 6 rings (SSSR count). The lowest BCUT2D eigenvalue weighted by Crippen LogP contribution is -2.11. The molecule has 0 bridgehead atoms. The highest BCUT2D eigenvalue weighted by Crippen LogP contribution is 2.52. The molecule has 6 aromatic carbocycles. The number of carboxylic acid groups (broad SMARTS) is 1. The molecule has 0 saturated heterocycles. The smallest absolute Gasteiger partial charge is 0.422 e. The molecule has 27 nitrogen and oxygen atoms in total. The van der Waals surface area contributed by atoms with E-state index in [0.29, 0.717) is 44.0 Å². The van der Waals surface area contributed by atoms with Crippen LogP contribution in [0.2, 0.25) is 0 Å². The third-order valence-corrected chi connectivity index (χ3v) is 24.6. The molecule has 736 valence electrons. The topological polar surface area (TPSA) is 380 Å². The summed E-state index contributed by atoms with van der Waals surface area (Å²) < 4.78 is 334. The summed E-state index contributed by atoms with van der Waals surface area (Å²) in [6.45, 7) is 15.5. The molecule has 0 aliphatic carbocycles. The highest BCUT2D eigenvalue weighted by molar-refractivity contribution is 14.1. The Morgan fingerprint density at radius 2 is 0.624 bits per heavy atom. The Morgan fingerprint density at radius 3 is 0.895 bits per heavy atom. The molecule has 0 unspecified atom stereocenters. The molecule has 0 fully saturated rings. The van der Waals surface area contributed by atoms with Crippen molar-refractivity contribution in [2.75, 3.05) is 117 Å². The van der Waals surface area contributed by atoms with Gasteiger partial charge < -0.3 is 71.7 Å². The number of hydrogen-bond donors (Lipinski definition) is 3. The largest absolute Gasteiger partial charge is 0.478 e. The van der Waals surface area contributed by atoms with Gasteiger partial charge in [0.05, 0.1) is 166 Å². The number of nitrogens with two attached hydrogens (primary N) is 2. The number of hydrogen-bond acceptors (Lipinski definition) is 25. The molecule has 0 heterocycles. The predicted octanol–water partition coefficient (Wildman–Crippen LogP) is 23.1. The molecular formula is C83H92F18IN3O24P4. The maximum Gasteiger partial charge on any atom is 0.422 e.